The van der Waals surface area contributed by atoms with Crippen molar-refractivity contribution in [1.29, 1.82) is 0 Å². The zero-order valence-electron chi connectivity index (χ0n) is 13.1. The molecule has 0 aliphatic rings. The largest absolute Gasteiger partial charge is 0.356 e. The second-order valence-electron chi connectivity index (χ2n) is 5.43. The second kappa shape index (κ2) is 7.75. The topological polar surface area (TPSA) is 24.1 Å². The van der Waals surface area contributed by atoms with E-state index in [0.717, 1.165) is 16.6 Å². The lowest BCUT2D eigenvalue weighted by molar-refractivity contribution is 0.629. The predicted molar refractivity (Wildman–Crippen MR) is 102 cm³/mol. The Morgan fingerprint density at radius 1 is 1.14 bits per heavy atom. The molecule has 0 spiro atoms. The van der Waals surface area contributed by atoms with Gasteiger partial charge in [0.05, 0.1) is 6.04 Å². The molecule has 0 radical (unpaired) electrons. The van der Waals surface area contributed by atoms with Crippen LogP contribution in [0.2, 0.25) is 0 Å². The molecule has 0 saturated heterocycles. The van der Waals surface area contributed by atoms with Crippen LogP contribution in [0.1, 0.15) is 36.1 Å². The summed E-state index contributed by atoms with van der Waals surface area (Å²) in [5.41, 5.74) is 4.70. The van der Waals surface area contributed by atoms with Crippen LogP contribution in [0.4, 0.5) is 5.69 Å². The van der Waals surface area contributed by atoms with Crippen LogP contribution in [0, 0.1) is 13.8 Å². The molecule has 0 fully saturated rings. The second-order valence-corrected chi connectivity index (χ2v) is 6.70. The van der Waals surface area contributed by atoms with Crippen molar-refractivity contribution in [3.63, 3.8) is 0 Å². The molecule has 0 aromatic heterocycles. The summed E-state index contributed by atoms with van der Waals surface area (Å²) in [6.45, 7) is 6.32. The first kappa shape index (κ1) is 17.0. The third kappa shape index (κ3) is 4.55. The van der Waals surface area contributed by atoms with Crippen LogP contribution < -0.4 is 10.6 Å². The van der Waals surface area contributed by atoms with Gasteiger partial charge in [0, 0.05) is 10.2 Å². The number of anilines is 1. The molecule has 0 aliphatic carbocycles. The van der Waals surface area contributed by atoms with Crippen LogP contribution in [0.15, 0.2) is 46.9 Å². The van der Waals surface area contributed by atoms with Crippen molar-refractivity contribution in [3.8, 4) is 0 Å². The third-order valence-electron chi connectivity index (χ3n) is 3.61. The smallest absolute Gasteiger partial charge is 0.171 e. The average molecular weight is 377 g/mol. The van der Waals surface area contributed by atoms with E-state index in [9.17, 15) is 0 Å². The Morgan fingerprint density at radius 2 is 1.82 bits per heavy atom. The summed E-state index contributed by atoms with van der Waals surface area (Å²) in [5.74, 6) is 0. The standard InChI is InChI=1S/C18H21BrN2S/c1-4-17(14-7-5-12(2)6-8-14)21-18(22)20-15-9-10-16(19)13(3)11-15/h5-11,17H,4H2,1-3H3,(H2,20,21,22). The maximum Gasteiger partial charge on any atom is 0.171 e. The number of rotatable bonds is 4. The molecule has 1 atom stereocenters. The lowest BCUT2D eigenvalue weighted by atomic mass is 10.0. The quantitative estimate of drug-likeness (QED) is 0.688. The number of halogens is 1. The van der Waals surface area contributed by atoms with E-state index in [1.807, 2.05) is 12.1 Å². The van der Waals surface area contributed by atoms with Crippen LogP contribution >= 0.6 is 28.1 Å². The molecule has 0 saturated carbocycles. The molecule has 0 bridgehead atoms. The summed E-state index contributed by atoms with van der Waals surface area (Å²) in [6, 6.07) is 14.9. The minimum absolute atomic E-state index is 0.220. The van der Waals surface area contributed by atoms with Gasteiger partial charge in [0.1, 0.15) is 0 Å². The van der Waals surface area contributed by atoms with E-state index in [2.05, 4.69) is 77.7 Å². The van der Waals surface area contributed by atoms with Crippen molar-refractivity contribution >= 4 is 38.9 Å². The number of aryl methyl sites for hydroxylation is 2. The summed E-state index contributed by atoms with van der Waals surface area (Å²) >= 11 is 8.95. The van der Waals surface area contributed by atoms with Gasteiger partial charge in [-0.15, -0.1) is 0 Å². The van der Waals surface area contributed by atoms with Crippen molar-refractivity contribution in [1.82, 2.24) is 5.32 Å². The number of hydrogen-bond donors (Lipinski definition) is 2. The van der Waals surface area contributed by atoms with Crippen molar-refractivity contribution in [2.45, 2.75) is 33.2 Å². The summed E-state index contributed by atoms with van der Waals surface area (Å²) < 4.78 is 1.10. The van der Waals surface area contributed by atoms with Gasteiger partial charge in [0.2, 0.25) is 0 Å². The van der Waals surface area contributed by atoms with E-state index in [0.29, 0.717) is 5.11 Å². The first-order chi connectivity index (χ1) is 10.5. The number of hydrogen-bond acceptors (Lipinski definition) is 1. The molecular formula is C18H21BrN2S. The summed E-state index contributed by atoms with van der Waals surface area (Å²) in [4.78, 5) is 0. The molecule has 1 unspecified atom stereocenters. The first-order valence-corrected chi connectivity index (χ1v) is 8.60. The molecule has 2 aromatic rings. The fourth-order valence-corrected chi connectivity index (χ4v) is 2.77. The lowest BCUT2D eigenvalue weighted by Gasteiger charge is -2.20. The monoisotopic (exact) mass is 376 g/mol. The molecule has 2 aromatic carbocycles. The normalized spacial score (nSPS) is 11.8. The zero-order valence-corrected chi connectivity index (χ0v) is 15.5. The van der Waals surface area contributed by atoms with Gasteiger partial charge in [-0.1, -0.05) is 52.7 Å². The Morgan fingerprint density at radius 3 is 2.41 bits per heavy atom. The maximum absolute atomic E-state index is 5.45. The Kier molecular flexibility index (Phi) is 5.98. The molecule has 4 heteroatoms. The average Bonchev–Trinajstić information content (AvgIpc) is 2.49. The van der Waals surface area contributed by atoms with E-state index >= 15 is 0 Å². The minimum atomic E-state index is 0.220. The first-order valence-electron chi connectivity index (χ1n) is 7.40. The molecule has 0 aliphatic heterocycles. The van der Waals surface area contributed by atoms with Gasteiger partial charge in [0.25, 0.3) is 0 Å². The summed E-state index contributed by atoms with van der Waals surface area (Å²) in [5, 5.41) is 7.30. The molecule has 116 valence electrons. The highest BCUT2D eigenvalue weighted by atomic mass is 79.9. The van der Waals surface area contributed by atoms with Crippen LogP contribution in [0.25, 0.3) is 0 Å². The van der Waals surface area contributed by atoms with E-state index in [1.165, 1.54) is 16.7 Å². The van der Waals surface area contributed by atoms with Gasteiger partial charge in [-0.3, -0.25) is 0 Å². The highest BCUT2D eigenvalue weighted by molar-refractivity contribution is 9.10. The number of thiocarbonyl (C=S) groups is 1. The van der Waals surface area contributed by atoms with Gasteiger partial charge in [0.15, 0.2) is 5.11 Å². The Hall–Kier alpha value is -1.39. The fourth-order valence-electron chi connectivity index (χ4n) is 2.27. The lowest BCUT2D eigenvalue weighted by Crippen LogP contribution is -2.32. The van der Waals surface area contributed by atoms with Crippen molar-refractivity contribution in [2.75, 3.05) is 5.32 Å². The van der Waals surface area contributed by atoms with Crippen LogP contribution in [-0.4, -0.2) is 5.11 Å². The number of nitrogens with one attached hydrogen (secondary N) is 2. The molecule has 2 nitrogen and oxygen atoms in total. The molecule has 2 rings (SSSR count). The summed E-state index contributed by atoms with van der Waals surface area (Å²) in [7, 11) is 0. The summed E-state index contributed by atoms with van der Waals surface area (Å²) in [6.07, 6.45) is 0.976. The Balaban J connectivity index is 2.02. The highest BCUT2D eigenvalue weighted by Gasteiger charge is 2.10. The van der Waals surface area contributed by atoms with Gasteiger partial charge in [-0.25, -0.2) is 0 Å². The van der Waals surface area contributed by atoms with E-state index in [1.54, 1.807) is 0 Å². The molecule has 0 heterocycles. The third-order valence-corrected chi connectivity index (χ3v) is 4.72. The molecule has 0 amide bonds. The SMILES string of the molecule is CCC(NC(=S)Nc1ccc(Br)c(C)c1)c1ccc(C)cc1. The number of benzene rings is 2. The van der Waals surface area contributed by atoms with E-state index in [4.69, 9.17) is 12.2 Å². The van der Waals surface area contributed by atoms with E-state index in [-0.39, 0.29) is 6.04 Å². The van der Waals surface area contributed by atoms with Crippen LogP contribution in [0.3, 0.4) is 0 Å². The van der Waals surface area contributed by atoms with Crippen molar-refractivity contribution in [3.05, 3.63) is 63.6 Å². The van der Waals surface area contributed by atoms with Crippen molar-refractivity contribution < 1.29 is 0 Å². The highest BCUT2D eigenvalue weighted by Crippen LogP contribution is 2.21. The molecule has 2 N–H and O–H groups in total. The molecular weight excluding hydrogens is 356 g/mol. The van der Waals surface area contributed by atoms with Crippen LogP contribution in [0.5, 0.6) is 0 Å². The van der Waals surface area contributed by atoms with Crippen LogP contribution in [-0.2, 0) is 0 Å². The predicted octanol–water partition coefficient (Wildman–Crippen LogP) is 5.50. The Bertz CT molecular complexity index is 653. The Labute approximate surface area is 146 Å². The van der Waals surface area contributed by atoms with E-state index < -0.39 is 0 Å². The van der Waals surface area contributed by atoms with Gasteiger partial charge >= 0.3 is 0 Å². The zero-order chi connectivity index (χ0) is 16.1. The van der Waals surface area contributed by atoms with Crippen molar-refractivity contribution in [2.24, 2.45) is 0 Å². The van der Waals surface area contributed by atoms with Gasteiger partial charge < -0.3 is 10.6 Å². The maximum atomic E-state index is 5.45. The minimum Gasteiger partial charge on any atom is -0.356 e. The fraction of sp³-hybridized carbons (Fsp3) is 0.278. The van der Waals surface area contributed by atoms with Gasteiger partial charge in [-0.05, 0) is 61.8 Å². The molecule has 22 heavy (non-hydrogen) atoms. The van der Waals surface area contributed by atoms with Gasteiger partial charge in [-0.2, -0.15) is 0 Å².